The fraction of sp³-hybridized carbons (Fsp3) is 0.464. The lowest BCUT2D eigenvalue weighted by Crippen LogP contribution is -2.53. The first kappa shape index (κ1) is 28.7. The normalized spacial score (nSPS) is 12.9. The number of methoxy groups -OCH3 is 1. The van der Waals surface area contributed by atoms with Crippen molar-refractivity contribution in [3.8, 4) is 5.75 Å². The molecule has 8 heteroatoms. The molecule has 2 aromatic rings. The van der Waals surface area contributed by atoms with Gasteiger partial charge in [0.25, 0.3) is 5.91 Å². The predicted molar refractivity (Wildman–Crippen MR) is 141 cm³/mol. The Morgan fingerprint density at radius 1 is 0.944 bits per heavy atom. The van der Waals surface area contributed by atoms with Crippen LogP contribution in [0, 0.1) is 0 Å². The van der Waals surface area contributed by atoms with Crippen LogP contribution in [0.15, 0.2) is 48.5 Å². The highest BCUT2D eigenvalue weighted by molar-refractivity contribution is 5.99. The number of hydrogen-bond donors (Lipinski definition) is 2. The minimum atomic E-state index is -0.923. The highest BCUT2D eigenvalue weighted by Crippen LogP contribution is 2.27. The van der Waals surface area contributed by atoms with Crippen molar-refractivity contribution in [3.05, 3.63) is 59.7 Å². The maximum Gasteiger partial charge on any atom is 0.408 e. The Labute approximate surface area is 214 Å². The monoisotopic (exact) mass is 497 g/mol. The van der Waals surface area contributed by atoms with Gasteiger partial charge in [0.05, 0.1) is 7.11 Å². The number of amides is 3. The maximum atomic E-state index is 13.7. The number of alkyl carbamates (subject to hydrolysis) is 1. The number of hydrogen-bond acceptors (Lipinski definition) is 5. The summed E-state index contributed by atoms with van der Waals surface area (Å²) in [6.07, 6.45) is 0.158. The lowest BCUT2D eigenvalue weighted by atomic mass is 9.99. The first-order valence-corrected chi connectivity index (χ1v) is 12.2. The van der Waals surface area contributed by atoms with Crippen LogP contribution < -0.4 is 15.4 Å². The van der Waals surface area contributed by atoms with Gasteiger partial charge in [-0.05, 0) is 83.4 Å². The Hall–Kier alpha value is -3.55. The molecule has 2 N–H and O–H groups in total. The van der Waals surface area contributed by atoms with Crippen LogP contribution in [0.3, 0.4) is 0 Å². The lowest BCUT2D eigenvalue weighted by molar-refractivity contribution is -0.142. The molecule has 0 aromatic heterocycles. The van der Waals surface area contributed by atoms with Crippen molar-refractivity contribution in [3.63, 3.8) is 0 Å². The highest BCUT2D eigenvalue weighted by Gasteiger charge is 2.36. The molecule has 0 fully saturated rings. The molecule has 0 saturated carbocycles. The number of benzene rings is 2. The summed E-state index contributed by atoms with van der Waals surface area (Å²) in [6, 6.07) is 12.4. The highest BCUT2D eigenvalue weighted by atomic mass is 16.6. The predicted octanol–water partition coefficient (Wildman–Crippen LogP) is 5.09. The van der Waals surface area contributed by atoms with Crippen LogP contribution in [0.25, 0.3) is 0 Å². The third-order valence-corrected chi connectivity index (χ3v) is 5.50. The molecule has 0 bridgehead atoms. The number of rotatable bonds is 9. The maximum absolute atomic E-state index is 13.7. The first-order valence-electron chi connectivity index (χ1n) is 12.2. The van der Waals surface area contributed by atoms with Crippen LogP contribution in [0.4, 0.5) is 10.5 Å². The van der Waals surface area contributed by atoms with Crippen molar-refractivity contribution < 1.29 is 23.9 Å². The second-order valence-electron chi connectivity index (χ2n) is 9.92. The van der Waals surface area contributed by atoms with E-state index in [9.17, 15) is 14.4 Å². The fourth-order valence-corrected chi connectivity index (χ4v) is 3.71. The lowest BCUT2D eigenvalue weighted by Gasteiger charge is -2.36. The largest absolute Gasteiger partial charge is 0.497 e. The third kappa shape index (κ3) is 8.00. The molecule has 2 atom stereocenters. The standard InChI is InChI=1S/C28H39N3O5/c1-9-20-10-12-21(13-11-20)24(25(32)30-22-14-16-23(35-8)17-15-22)31(18(2)3)26(33)19(4)29-27(34)36-28(5,6)7/h10-19,24H,9H2,1-8H3,(H,29,34)(H,30,32). The Balaban J connectivity index is 2.40. The summed E-state index contributed by atoms with van der Waals surface area (Å²) in [5.74, 6) is -0.0954. The van der Waals surface area contributed by atoms with E-state index in [1.54, 1.807) is 59.1 Å². The van der Waals surface area contributed by atoms with E-state index in [0.29, 0.717) is 17.0 Å². The number of aryl methyl sites for hydroxylation is 1. The molecular formula is C28H39N3O5. The van der Waals surface area contributed by atoms with Gasteiger partial charge in [0.1, 0.15) is 23.4 Å². The molecule has 0 aliphatic rings. The fourth-order valence-electron chi connectivity index (χ4n) is 3.71. The van der Waals surface area contributed by atoms with Gasteiger partial charge in [0, 0.05) is 11.7 Å². The van der Waals surface area contributed by atoms with Gasteiger partial charge >= 0.3 is 6.09 Å². The number of ether oxygens (including phenoxy) is 2. The molecule has 0 saturated heterocycles. The zero-order chi connectivity index (χ0) is 27.0. The van der Waals surface area contributed by atoms with Crippen molar-refractivity contribution in [2.24, 2.45) is 0 Å². The molecule has 196 valence electrons. The summed E-state index contributed by atoms with van der Waals surface area (Å²) >= 11 is 0. The number of nitrogens with one attached hydrogen (secondary N) is 2. The van der Waals surface area contributed by atoms with E-state index in [1.165, 1.54) is 4.90 Å². The molecule has 0 heterocycles. The van der Waals surface area contributed by atoms with Gasteiger partial charge in [-0.3, -0.25) is 9.59 Å². The molecule has 2 rings (SSSR count). The van der Waals surface area contributed by atoms with Crippen LogP contribution in [0.5, 0.6) is 5.75 Å². The smallest absolute Gasteiger partial charge is 0.408 e. The van der Waals surface area contributed by atoms with Gasteiger partial charge in [-0.1, -0.05) is 31.2 Å². The molecule has 0 spiro atoms. The van der Waals surface area contributed by atoms with E-state index in [0.717, 1.165) is 12.0 Å². The van der Waals surface area contributed by atoms with Crippen LogP contribution in [0.1, 0.15) is 65.6 Å². The van der Waals surface area contributed by atoms with Crippen molar-refractivity contribution >= 4 is 23.6 Å². The summed E-state index contributed by atoms with van der Waals surface area (Å²) in [5.41, 5.74) is 1.67. The third-order valence-electron chi connectivity index (χ3n) is 5.50. The summed E-state index contributed by atoms with van der Waals surface area (Å²) < 4.78 is 10.5. The molecule has 36 heavy (non-hydrogen) atoms. The van der Waals surface area contributed by atoms with Crippen molar-refractivity contribution in [2.45, 2.75) is 78.6 Å². The van der Waals surface area contributed by atoms with Crippen molar-refractivity contribution in [1.82, 2.24) is 10.2 Å². The molecular weight excluding hydrogens is 458 g/mol. The van der Waals surface area contributed by atoms with Crippen LogP contribution in [-0.4, -0.2) is 47.6 Å². The summed E-state index contributed by atoms with van der Waals surface area (Å²) in [5, 5.41) is 5.52. The van der Waals surface area contributed by atoms with Gasteiger partial charge < -0.3 is 25.0 Å². The van der Waals surface area contributed by atoms with Crippen molar-refractivity contribution in [1.29, 1.82) is 0 Å². The summed E-state index contributed by atoms with van der Waals surface area (Å²) in [6.45, 7) is 12.6. The average molecular weight is 498 g/mol. The number of carbonyl (C=O) groups is 3. The molecule has 0 aliphatic heterocycles. The minimum Gasteiger partial charge on any atom is -0.497 e. The van der Waals surface area contributed by atoms with E-state index in [2.05, 4.69) is 17.6 Å². The van der Waals surface area contributed by atoms with Gasteiger partial charge in [-0.2, -0.15) is 0 Å². The number of nitrogens with zero attached hydrogens (tertiary/aromatic N) is 1. The Kier molecular flexibility index (Phi) is 9.90. The van der Waals surface area contributed by atoms with Crippen LogP contribution in [-0.2, 0) is 20.7 Å². The second kappa shape index (κ2) is 12.4. The molecule has 3 amide bonds. The number of carbonyl (C=O) groups excluding carboxylic acids is 3. The minimum absolute atomic E-state index is 0.335. The Bertz CT molecular complexity index is 1030. The second-order valence-corrected chi connectivity index (χ2v) is 9.92. The molecule has 2 unspecified atom stereocenters. The van der Waals surface area contributed by atoms with Gasteiger partial charge in [0.2, 0.25) is 5.91 Å². The molecule has 2 aromatic carbocycles. The van der Waals surface area contributed by atoms with E-state index in [4.69, 9.17) is 9.47 Å². The van der Waals surface area contributed by atoms with E-state index in [1.807, 2.05) is 38.1 Å². The zero-order valence-electron chi connectivity index (χ0n) is 22.5. The zero-order valence-corrected chi connectivity index (χ0v) is 22.5. The summed E-state index contributed by atoms with van der Waals surface area (Å²) in [4.78, 5) is 41.1. The topological polar surface area (TPSA) is 97.0 Å². The molecule has 0 aliphatic carbocycles. The van der Waals surface area contributed by atoms with E-state index >= 15 is 0 Å². The van der Waals surface area contributed by atoms with Crippen molar-refractivity contribution in [2.75, 3.05) is 12.4 Å². The van der Waals surface area contributed by atoms with E-state index in [-0.39, 0.29) is 11.9 Å². The van der Waals surface area contributed by atoms with Gasteiger partial charge in [-0.25, -0.2) is 4.79 Å². The Morgan fingerprint density at radius 2 is 1.53 bits per heavy atom. The van der Waals surface area contributed by atoms with Crippen LogP contribution >= 0.6 is 0 Å². The Morgan fingerprint density at radius 3 is 2.00 bits per heavy atom. The SMILES string of the molecule is CCc1ccc(C(C(=O)Nc2ccc(OC)cc2)N(C(=O)C(C)NC(=O)OC(C)(C)C)C(C)C)cc1. The van der Waals surface area contributed by atoms with Gasteiger partial charge in [-0.15, -0.1) is 0 Å². The number of anilines is 1. The average Bonchev–Trinajstić information content (AvgIpc) is 2.81. The van der Waals surface area contributed by atoms with Gasteiger partial charge in [0.15, 0.2) is 0 Å². The molecule has 8 nitrogen and oxygen atoms in total. The van der Waals surface area contributed by atoms with Crippen LogP contribution in [0.2, 0.25) is 0 Å². The molecule has 0 radical (unpaired) electrons. The first-order chi connectivity index (χ1) is 16.9. The summed E-state index contributed by atoms with van der Waals surface area (Å²) in [7, 11) is 1.57. The quantitative estimate of drug-likeness (QED) is 0.503. The van der Waals surface area contributed by atoms with E-state index < -0.39 is 29.7 Å².